The first-order valence-corrected chi connectivity index (χ1v) is 5.05. The Balaban J connectivity index is 2.03. The van der Waals surface area contributed by atoms with Gasteiger partial charge < -0.3 is 5.32 Å². The summed E-state index contributed by atoms with van der Waals surface area (Å²) in [7, 11) is 0. The van der Waals surface area contributed by atoms with Crippen LogP contribution in [0.25, 0.3) is 0 Å². The van der Waals surface area contributed by atoms with Gasteiger partial charge in [0.15, 0.2) is 0 Å². The monoisotopic (exact) mass is 210 g/mol. The van der Waals surface area contributed by atoms with E-state index in [2.05, 4.69) is 10.3 Å². The average molecular weight is 211 g/mol. The van der Waals surface area contributed by atoms with E-state index in [-0.39, 0.29) is 11.8 Å². The molecule has 0 unspecified atom stereocenters. The molecule has 14 heavy (non-hydrogen) atoms. The summed E-state index contributed by atoms with van der Waals surface area (Å²) in [6.07, 6.45) is 6.28. The van der Waals surface area contributed by atoms with Gasteiger partial charge in [0.2, 0.25) is 5.91 Å². The maximum absolute atomic E-state index is 11.6. The molecule has 0 aromatic carbocycles. The summed E-state index contributed by atoms with van der Waals surface area (Å²) in [4.78, 5) is 15.4. The van der Waals surface area contributed by atoms with Gasteiger partial charge in [0.05, 0.1) is 10.7 Å². The molecular weight excluding hydrogens is 200 g/mol. The predicted octanol–water partition coefficient (Wildman–Crippen LogP) is 2.47. The van der Waals surface area contributed by atoms with Crippen LogP contribution in [0.15, 0.2) is 18.5 Å². The molecule has 1 aliphatic carbocycles. The standard InChI is InChI=1S/C10H11ClN2O/c11-8-6-12-5-4-9(8)13-10(14)7-2-1-3-7/h4-7H,1-3H2,(H,12,13,14). The number of hydrogen-bond donors (Lipinski definition) is 1. The summed E-state index contributed by atoms with van der Waals surface area (Å²) in [5.74, 6) is 0.253. The topological polar surface area (TPSA) is 42.0 Å². The number of pyridine rings is 1. The van der Waals surface area contributed by atoms with Crippen molar-refractivity contribution < 1.29 is 4.79 Å². The van der Waals surface area contributed by atoms with Crippen molar-refractivity contribution in [2.75, 3.05) is 5.32 Å². The maximum Gasteiger partial charge on any atom is 0.227 e. The molecule has 1 amide bonds. The zero-order valence-electron chi connectivity index (χ0n) is 7.66. The Morgan fingerprint density at radius 3 is 2.93 bits per heavy atom. The summed E-state index contributed by atoms with van der Waals surface area (Å²) >= 11 is 5.86. The van der Waals surface area contributed by atoms with Crippen molar-refractivity contribution in [3.05, 3.63) is 23.5 Å². The SMILES string of the molecule is O=C(Nc1ccncc1Cl)C1CCC1. The van der Waals surface area contributed by atoms with Crippen LogP contribution in [0.5, 0.6) is 0 Å². The first-order valence-electron chi connectivity index (χ1n) is 4.68. The van der Waals surface area contributed by atoms with Crippen molar-refractivity contribution in [3.8, 4) is 0 Å². The minimum atomic E-state index is 0.0735. The third-order valence-electron chi connectivity index (χ3n) is 2.51. The number of nitrogens with one attached hydrogen (secondary N) is 1. The lowest BCUT2D eigenvalue weighted by atomic mass is 9.85. The van der Waals surface area contributed by atoms with Crippen molar-refractivity contribution in [3.63, 3.8) is 0 Å². The summed E-state index contributed by atoms with van der Waals surface area (Å²) in [6, 6.07) is 1.71. The summed E-state index contributed by atoms with van der Waals surface area (Å²) in [5, 5.41) is 3.29. The van der Waals surface area contributed by atoms with Crippen LogP contribution in [-0.2, 0) is 4.79 Å². The molecule has 0 atom stereocenters. The van der Waals surface area contributed by atoms with E-state index in [1.54, 1.807) is 12.3 Å². The fourth-order valence-electron chi connectivity index (χ4n) is 1.38. The molecule has 0 aliphatic heterocycles. The van der Waals surface area contributed by atoms with Gasteiger partial charge in [0.25, 0.3) is 0 Å². The molecular formula is C10H11ClN2O. The van der Waals surface area contributed by atoms with Gasteiger partial charge in [0.1, 0.15) is 0 Å². The van der Waals surface area contributed by atoms with E-state index in [0.717, 1.165) is 19.3 Å². The highest BCUT2D eigenvalue weighted by Crippen LogP contribution is 2.28. The van der Waals surface area contributed by atoms with Gasteiger partial charge in [-0.1, -0.05) is 18.0 Å². The Labute approximate surface area is 87.5 Å². The molecule has 1 aromatic rings. The molecule has 1 N–H and O–H groups in total. The number of halogens is 1. The number of anilines is 1. The van der Waals surface area contributed by atoms with Gasteiger partial charge in [-0.2, -0.15) is 0 Å². The normalized spacial score (nSPS) is 16.1. The largest absolute Gasteiger partial charge is 0.324 e. The number of carbonyl (C=O) groups is 1. The zero-order valence-corrected chi connectivity index (χ0v) is 8.42. The Kier molecular flexibility index (Phi) is 2.68. The van der Waals surface area contributed by atoms with Gasteiger partial charge in [-0.3, -0.25) is 9.78 Å². The summed E-state index contributed by atoms with van der Waals surface area (Å²) in [5.41, 5.74) is 0.651. The molecule has 1 aliphatic rings. The van der Waals surface area contributed by atoms with E-state index >= 15 is 0 Å². The minimum Gasteiger partial charge on any atom is -0.324 e. The molecule has 1 aromatic heterocycles. The second-order valence-electron chi connectivity index (χ2n) is 3.47. The van der Waals surface area contributed by atoms with Crippen LogP contribution in [0.4, 0.5) is 5.69 Å². The highest BCUT2D eigenvalue weighted by atomic mass is 35.5. The minimum absolute atomic E-state index is 0.0735. The fourth-order valence-corrected chi connectivity index (χ4v) is 1.55. The summed E-state index contributed by atoms with van der Waals surface area (Å²) in [6.45, 7) is 0. The highest BCUT2D eigenvalue weighted by molar-refractivity contribution is 6.33. The zero-order chi connectivity index (χ0) is 9.97. The van der Waals surface area contributed by atoms with Gasteiger partial charge in [-0.15, -0.1) is 0 Å². The Hall–Kier alpha value is -1.09. The van der Waals surface area contributed by atoms with E-state index in [1.165, 1.54) is 6.20 Å². The van der Waals surface area contributed by atoms with Crippen LogP contribution in [0, 0.1) is 5.92 Å². The van der Waals surface area contributed by atoms with E-state index in [4.69, 9.17) is 11.6 Å². The van der Waals surface area contributed by atoms with Gasteiger partial charge in [-0.05, 0) is 18.9 Å². The first-order chi connectivity index (χ1) is 6.77. The maximum atomic E-state index is 11.6. The van der Waals surface area contributed by atoms with Crippen molar-refractivity contribution in [2.24, 2.45) is 5.92 Å². The molecule has 1 fully saturated rings. The van der Waals surface area contributed by atoms with Crippen LogP contribution in [-0.4, -0.2) is 10.9 Å². The predicted molar refractivity (Wildman–Crippen MR) is 55.2 cm³/mol. The molecule has 0 radical (unpaired) electrons. The lowest BCUT2D eigenvalue weighted by Crippen LogP contribution is -2.28. The van der Waals surface area contributed by atoms with Crippen LogP contribution < -0.4 is 5.32 Å². The van der Waals surface area contributed by atoms with Crippen LogP contribution in [0.2, 0.25) is 5.02 Å². The average Bonchev–Trinajstić information content (AvgIpc) is 2.05. The van der Waals surface area contributed by atoms with E-state index in [1.807, 2.05) is 0 Å². The van der Waals surface area contributed by atoms with Gasteiger partial charge in [-0.25, -0.2) is 0 Å². The Bertz CT molecular complexity index is 350. The lowest BCUT2D eigenvalue weighted by Gasteiger charge is -2.24. The Morgan fingerprint density at radius 2 is 2.36 bits per heavy atom. The smallest absolute Gasteiger partial charge is 0.227 e. The second-order valence-corrected chi connectivity index (χ2v) is 3.88. The quantitative estimate of drug-likeness (QED) is 0.815. The molecule has 2 rings (SSSR count). The first kappa shape index (κ1) is 9.46. The number of rotatable bonds is 2. The van der Waals surface area contributed by atoms with Crippen molar-refractivity contribution in [1.82, 2.24) is 4.98 Å². The van der Waals surface area contributed by atoms with E-state index < -0.39 is 0 Å². The number of nitrogens with zero attached hydrogens (tertiary/aromatic N) is 1. The number of carbonyl (C=O) groups excluding carboxylic acids is 1. The Morgan fingerprint density at radius 1 is 1.57 bits per heavy atom. The van der Waals surface area contributed by atoms with Gasteiger partial charge in [0, 0.05) is 18.3 Å². The van der Waals surface area contributed by atoms with Crippen molar-refractivity contribution >= 4 is 23.2 Å². The molecule has 74 valence electrons. The van der Waals surface area contributed by atoms with E-state index in [0.29, 0.717) is 10.7 Å². The number of aromatic nitrogens is 1. The third-order valence-corrected chi connectivity index (χ3v) is 2.81. The molecule has 3 nitrogen and oxygen atoms in total. The van der Waals surface area contributed by atoms with Crippen molar-refractivity contribution in [1.29, 1.82) is 0 Å². The number of amides is 1. The molecule has 0 spiro atoms. The third kappa shape index (κ3) is 1.87. The molecule has 4 heteroatoms. The van der Waals surface area contributed by atoms with Crippen molar-refractivity contribution in [2.45, 2.75) is 19.3 Å². The lowest BCUT2D eigenvalue weighted by molar-refractivity contribution is -0.122. The van der Waals surface area contributed by atoms with Crippen LogP contribution in [0.3, 0.4) is 0 Å². The summed E-state index contributed by atoms with van der Waals surface area (Å²) < 4.78 is 0. The second kappa shape index (κ2) is 3.96. The van der Waals surface area contributed by atoms with Crippen LogP contribution >= 0.6 is 11.6 Å². The van der Waals surface area contributed by atoms with E-state index in [9.17, 15) is 4.79 Å². The van der Waals surface area contributed by atoms with Crippen LogP contribution in [0.1, 0.15) is 19.3 Å². The highest BCUT2D eigenvalue weighted by Gasteiger charge is 2.25. The molecule has 0 saturated heterocycles. The van der Waals surface area contributed by atoms with Gasteiger partial charge >= 0.3 is 0 Å². The number of hydrogen-bond acceptors (Lipinski definition) is 2. The fraction of sp³-hybridized carbons (Fsp3) is 0.400. The molecule has 1 heterocycles. The molecule has 0 bridgehead atoms. The molecule has 1 saturated carbocycles.